The van der Waals surface area contributed by atoms with Gasteiger partial charge in [-0.3, -0.25) is 0 Å². The highest BCUT2D eigenvalue weighted by atomic mass is 16.5. The van der Waals surface area contributed by atoms with Crippen LogP contribution < -0.4 is 5.32 Å². The lowest BCUT2D eigenvalue weighted by Gasteiger charge is -2.16. The van der Waals surface area contributed by atoms with Crippen molar-refractivity contribution in [1.82, 2.24) is 9.97 Å². The fourth-order valence-electron chi connectivity index (χ4n) is 2.95. The van der Waals surface area contributed by atoms with Crippen LogP contribution in [0.4, 0.5) is 5.82 Å². The van der Waals surface area contributed by atoms with Crippen molar-refractivity contribution in [2.75, 3.05) is 18.5 Å². The van der Waals surface area contributed by atoms with Gasteiger partial charge in [0.1, 0.15) is 12.1 Å². The van der Waals surface area contributed by atoms with Gasteiger partial charge in [0.15, 0.2) is 0 Å². The van der Waals surface area contributed by atoms with E-state index in [2.05, 4.69) is 15.3 Å². The molecule has 1 aromatic carbocycles. The molecule has 0 aliphatic heterocycles. The number of nitrogens with zero attached hydrogens (tertiary/aromatic N) is 2. The number of hydrogen-bond donors (Lipinski definition) is 1. The maximum Gasteiger partial charge on any atom is 0.137 e. The molecule has 1 aromatic heterocycles. The number of benzene rings is 1. The molecule has 3 rings (SSSR count). The van der Waals surface area contributed by atoms with Crippen molar-refractivity contribution in [3.63, 3.8) is 0 Å². The van der Waals surface area contributed by atoms with Crippen molar-refractivity contribution >= 4 is 16.7 Å². The molecule has 0 bridgehead atoms. The molecule has 112 valence electrons. The SMILES string of the molecule is c1ccc2c(NCCOC3CCCCCC3)ncnc2c1. The van der Waals surface area contributed by atoms with Crippen molar-refractivity contribution in [2.45, 2.75) is 44.6 Å². The minimum absolute atomic E-state index is 0.455. The molecule has 0 unspecified atom stereocenters. The maximum atomic E-state index is 5.99. The standard InChI is InChI=1S/C17H23N3O/c1-2-4-8-14(7-3-1)21-12-11-18-17-15-9-5-6-10-16(15)19-13-20-17/h5-6,9-10,13-14H,1-4,7-8,11-12H2,(H,18,19,20). The lowest BCUT2D eigenvalue weighted by Crippen LogP contribution is -2.18. The highest BCUT2D eigenvalue weighted by molar-refractivity contribution is 5.88. The van der Waals surface area contributed by atoms with Gasteiger partial charge in [0.2, 0.25) is 0 Å². The first-order valence-corrected chi connectivity index (χ1v) is 7.99. The summed E-state index contributed by atoms with van der Waals surface area (Å²) in [4.78, 5) is 8.60. The Labute approximate surface area is 125 Å². The van der Waals surface area contributed by atoms with Crippen LogP contribution in [0.25, 0.3) is 10.9 Å². The summed E-state index contributed by atoms with van der Waals surface area (Å²) in [5.74, 6) is 0.894. The van der Waals surface area contributed by atoms with Crippen LogP contribution in [-0.2, 0) is 4.74 Å². The molecule has 1 saturated carbocycles. The first-order valence-electron chi connectivity index (χ1n) is 7.99. The zero-order chi connectivity index (χ0) is 14.3. The number of rotatable bonds is 5. The fraction of sp³-hybridized carbons (Fsp3) is 0.529. The third-order valence-corrected chi connectivity index (χ3v) is 4.09. The number of fused-ring (bicyclic) bond motifs is 1. The van der Waals surface area contributed by atoms with Gasteiger partial charge < -0.3 is 10.1 Å². The van der Waals surface area contributed by atoms with Crippen molar-refractivity contribution in [3.05, 3.63) is 30.6 Å². The average Bonchev–Trinajstić information content (AvgIpc) is 2.80. The summed E-state index contributed by atoms with van der Waals surface area (Å²) >= 11 is 0. The third-order valence-electron chi connectivity index (χ3n) is 4.09. The molecule has 1 aliphatic carbocycles. The first kappa shape index (κ1) is 14.3. The summed E-state index contributed by atoms with van der Waals surface area (Å²) < 4.78 is 5.99. The van der Waals surface area contributed by atoms with Crippen LogP contribution in [0.1, 0.15) is 38.5 Å². The molecule has 21 heavy (non-hydrogen) atoms. The average molecular weight is 285 g/mol. The largest absolute Gasteiger partial charge is 0.376 e. The number of hydrogen-bond acceptors (Lipinski definition) is 4. The lowest BCUT2D eigenvalue weighted by molar-refractivity contribution is 0.0501. The van der Waals surface area contributed by atoms with Crippen molar-refractivity contribution < 1.29 is 4.74 Å². The third kappa shape index (κ3) is 3.91. The van der Waals surface area contributed by atoms with Crippen LogP contribution in [0.3, 0.4) is 0 Å². The molecule has 0 amide bonds. The first-order chi connectivity index (χ1) is 10.4. The van der Waals surface area contributed by atoms with E-state index in [-0.39, 0.29) is 0 Å². The molecule has 0 spiro atoms. The Kier molecular flexibility index (Phi) is 5.00. The molecule has 0 saturated heterocycles. The van der Waals surface area contributed by atoms with Gasteiger partial charge in [0.05, 0.1) is 18.2 Å². The zero-order valence-corrected chi connectivity index (χ0v) is 12.4. The highest BCUT2D eigenvalue weighted by Crippen LogP contribution is 2.20. The molecule has 4 heteroatoms. The normalized spacial score (nSPS) is 16.8. The second-order valence-electron chi connectivity index (χ2n) is 5.65. The smallest absolute Gasteiger partial charge is 0.137 e. The van der Waals surface area contributed by atoms with Crippen molar-refractivity contribution in [3.8, 4) is 0 Å². The Hall–Kier alpha value is -1.68. The summed E-state index contributed by atoms with van der Waals surface area (Å²) in [5, 5.41) is 4.43. The molecule has 2 aromatic rings. The number of para-hydroxylation sites is 1. The molecule has 1 N–H and O–H groups in total. The Morgan fingerprint density at radius 3 is 2.71 bits per heavy atom. The van der Waals surface area contributed by atoms with Gasteiger partial charge in [-0.1, -0.05) is 37.8 Å². The molecule has 1 heterocycles. The molecule has 1 aliphatic rings. The van der Waals surface area contributed by atoms with Crippen LogP contribution in [-0.4, -0.2) is 29.2 Å². The second-order valence-corrected chi connectivity index (χ2v) is 5.65. The number of aromatic nitrogens is 2. The van der Waals surface area contributed by atoms with E-state index in [1.54, 1.807) is 6.33 Å². The molecular formula is C17H23N3O. The van der Waals surface area contributed by atoms with Gasteiger partial charge in [0.25, 0.3) is 0 Å². The number of ether oxygens (including phenoxy) is 1. The minimum atomic E-state index is 0.455. The Morgan fingerprint density at radius 1 is 1.05 bits per heavy atom. The van der Waals surface area contributed by atoms with Gasteiger partial charge in [-0.25, -0.2) is 9.97 Å². The van der Waals surface area contributed by atoms with E-state index in [1.807, 2.05) is 24.3 Å². The summed E-state index contributed by atoms with van der Waals surface area (Å²) in [6.07, 6.45) is 9.86. The van der Waals surface area contributed by atoms with Gasteiger partial charge >= 0.3 is 0 Å². The predicted molar refractivity (Wildman–Crippen MR) is 85.5 cm³/mol. The van der Waals surface area contributed by atoms with E-state index >= 15 is 0 Å². The Morgan fingerprint density at radius 2 is 1.86 bits per heavy atom. The summed E-state index contributed by atoms with van der Waals surface area (Å²) in [7, 11) is 0. The van der Waals surface area contributed by atoms with E-state index in [4.69, 9.17) is 4.74 Å². The fourth-order valence-corrected chi connectivity index (χ4v) is 2.95. The molecule has 1 fully saturated rings. The van der Waals surface area contributed by atoms with E-state index in [0.717, 1.165) is 29.9 Å². The zero-order valence-electron chi connectivity index (χ0n) is 12.4. The molecule has 0 atom stereocenters. The lowest BCUT2D eigenvalue weighted by atomic mass is 10.1. The second kappa shape index (κ2) is 7.36. The van der Waals surface area contributed by atoms with Crippen LogP contribution in [0.2, 0.25) is 0 Å². The summed E-state index contributed by atoms with van der Waals surface area (Å²) in [6.45, 7) is 1.53. The van der Waals surface area contributed by atoms with E-state index in [1.165, 1.54) is 38.5 Å². The number of nitrogens with one attached hydrogen (secondary N) is 1. The van der Waals surface area contributed by atoms with E-state index < -0.39 is 0 Å². The molecule has 4 nitrogen and oxygen atoms in total. The van der Waals surface area contributed by atoms with Crippen molar-refractivity contribution in [2.24, 2.45) is 0 Å². The van der Waals surface area contributed by atoms with Gasteiger partial charge in [-0.15, -0.1) is 0 Å². The predicted octanol–water partition coefficient (Wildman–Crippen LogP) is 3.78. The van der Waals surface area contributed by atoms with E-state index in [9.17, 15) is 0 Å². The summed E-state index contributed by atoms with van der Waals surface area (Å²) in [6, 6.07) is 8.06. The van der Waals surface area contributed by atoms with Crippen LogP contribution >= 0.6 is 0 Å². The Bertz CT molecular complexity index is 559. The van der Waals surface area contributed by atoms with Gasteiger partial charge in [0, 0.05) is 11.9 Å². The van der Waals surface area contributed by atoms with Crippen molar-refractivity contribution in [1.29, 1.82) is 0 Å². The van der Waals surface area contributed by atoms with Crippen LogP contribution in [0.5, 0.6) is 0 Å². The maximum absolute atomic E-state index is 5.99. The highest BCUT2D eigenvalue weighted by Gasteiger charge is 2.12. The molecule has 0 radical (unpaired) electrons. The minimum Gasteiger partial charge on any atom is -0.376 e. The monoisotopic (exact) mass is 285 g/mol. The van der Waals surface area contributed by atoms with E-state index in [0.29, 0.717) is 6.10 Å². The van der Waals surface area contributed by atoms with Crippen LogP contribution in [0, 0.1) is 0 Å². The topological polar surface area (TPSA) is 47.0 Å². The summed E-state index contributed by atoms with van der Waals surface area (Å²) in [5.41, 5.74) is 0.972. The number of anilines is 1. The van der Waals surface area contributed by atoms with Gasteiger partial charge in [-0.05, 0) is 25.0 Å². The molecular weight excluding hydrogens is 262 g/mol. The quantitative estimate of drug-likeness (QED) is 0.671. The van der Waals surface area contributed by atoms with Crippen LogP contribution in [0.15, 0.2) is 30.6 Å². The Balaban J connectivity index is 1.50. The van der Waals surface area contributed by atoms with Gasteiger partial charge in [-0.2, -0.15) is 0 Å².